The maximum absolute atomic E-state index is 12.1. The highest BCUT2D eigenvalue weighted by Crippen LogP contribution is 2.23. The minimum atomic E-state index is -0.556. The van der Waals surface area contributed by atoms with Gasteiger partial charge in [0, 0.05) is 18.0 Å². The molecular weight excluding hydrogens is 322 g/mol. The number of thioether (sulfide) groups is 1. The molecule has 0 aromatic heterocycles. The van der Waals surface area contributed by atoms with E-state index in [4.69, 9.17) is 16.3 Å². The van der Waals surface area contributed by atoms with Crippen molar-refractivity contribution in [1.29, 1.82) is 0 Å². The van der Waals surface area contributed by atoms with Gasteiger partial charge in [-0.1, -0.05) is 18.5 Å². The van der Waals surface area contributed by atoms with Crippen molar-refractivity contribution < 1.29 is 14.3 Å². The minimum Gasteiger partial charge on any atom is -0.452 e. The van der Waals surface area contributed by atoms with Crippen molar-refractivity contribution in [2.75, 3.05) is 26.0 Å². The molecule has 6 heteroatoms. The first kappa shape index (κ1) is 17.2. The van der Waals surface area contributed by atoms with Gasteiger partial charge in [0.25, 0.3) is 5.91 Å². The van der Waals surface area contributed by atoms with Crippen molar-refractivity contribution in [1.82, 2.24) is 4.90 Å². The highest BCUT2D eigenvalue weighted by molar-refractivity contribution is 7.98. The molecule has 0 bridgehead atoms. The van der Waals surface area contributed by atoms with Gasteiger partial charge in [-0.3, -0.25) is 4.79 Å². The summed E-state index contributed by atoms with van der Waals surface area (Å²) < 4.78 is 5.13. The molecule has 1 atom stereocenters. The van der Waals surface area contributed by atoms with Crippen LogP contribution in [0.25, 0.3) is 0 Å². The number of piperidine rings is 1. The number of esters is 1. The molecule has 0 saturated carbocycles. The monoisotopic (exact) mass is 341 g/mol. The molecule has 1 amide bonds. The summed E-state index contributed by atoms with van der Waals surface area (Å²) in [5.41, 5.74) is 0.299. The number of likely N-dealkylation sites (tertiary alicyclic amines) is 1. The molecule has 0 radical (unpaired) electrons. The third kappa shape index (κ3) is 4.40. The van der Waals surface area contributed by atoms with Gasteiger partial charge in [0.2, 0.25) is 0 Å². The number of amides is 1. The molecule has 4 nitrogen and oxygen atoms in total. The molecule has 1 unspecified atom stereocenters. The summed E-state index contributed by atoms with van der Waals surface area (Å²) in [4.78, 5) is 26.9. The summed E-state index contributed by atoms with van der Waals surface area (Å²) >= 11 is 7.54. The maximum atomic E-state index is 12.1. The lowest BCUT2D eigenvalue weighted by molar-refractivity contribution is -0.136. The smallest absolute Gasteiger partial charge is 0.340 e. The number of rotatable bonds is 4. The fourth-order valence-corrected chi connectivity index (χ4v) is 3.13. The first-order chi connectivity index (χ1) is 10.5. The summed E-state index contributed by atoms with van der Waals surface area (Å²) in [5, 5.41) is 0.335. The lowest BCUT2D eigenvalue weighted by atomic mass is 10.0. The Morgan fingerprint density at radius 3 is 2.91 bits per heavy atom. The Morgan fingerprint density at radius 1 is 1.45 bits per heavy atom. The lowest BCUT2D eigenvalue weighted by Crippen LogP contribution is -2.41. The fourth-order valence-electron chi connectivity index (χ4n) is 2.50. The molecule has 1 aliphatic heterocycles. The summed E-state index contributed by atoms with van der Waals surface area (Å²) in [6.07, 6.45) is 4.06. The normalized spacial score (nSPS) is 18.1. The Labute approximate surface area is 140 Å². The van der Waals surface area contributed by atoms with E-state index in [0.29, 0.717) is 16.5 Å². The zero-order valence-corrected chi connectivity index (χ0v) is 14.4. The van der Waals surface area contributed by atoms with Crippen molar-refractivity contribution in [3.63, 3.8) is 0 Å². The van der Waals surface area contributed by atoms with Crippen LogP contribution >= 0.6 is 23.4 Å². The third-order valence-electron chi connectivity index (χ3n) is 3.73. The molecule has 1 aromatic carbocycles. The first-order valence-electron chi connectivity index (χ1n) is 7.29. The van der Waals surface area contributed by atoms with Crippen LogP contribution in [0.15, 0.2) is 23.1 Å². The minimum absolute atomic E-state index is 0.142. The topological polar surface area (TPSA) is 46.6 Å². The first-order valence-corrected chi connectivity index (χ1v) is 8.90. The quantitative estimate of drug-likeness (QED) is 0.621. The maximum Gasteiger partial charge on any atom is 0.340 e. The number of carbonyl (C=O) groups excluding carboxylic acids is 2. The number of nitrogens with zero attached hydrogens (tertiary/aromatic N) is 1. The fraction of sp³-hybridized carbons (Fsp3) is 0.500. The molecular formula is C16H20ClNO3S. The Morgan fingerprint density at radius 2 is 2.23 bits per heavy atom. The van der Waals surface area contributed by atoms with Gasteiger partial charge in [-0.15, -0.1) is 11.8 Å². The van der Waals surface area contributed by atoms with Crippen molar-refractivity contribution in [2.45, 2.75) is 24.7 Å². The number of carbonyl (C=O) groups is 2. The molecule has 1 saturated heterocycles. The zero-order valence-electron chi connectivity index (χ0n) is 12.8. The number of benzene rings is 1. The second-order valence-corrected chi connectivity index (χ2v) is 6.80. The molecule has 1 heterocycles. The van der Waals surface area contributed by atoms with Crippen LogP contribution in [0.5, 0.6) is 0 Å². The molecule has 0 N–H and O–H groups in total. The van der Waals surface area contributed by atoms with E-state index in [1.807, 2.05) is 12.3 Å². The number of ether oxygens (including phenoxy) is 1. The van der Waals surface area contributed by atoms with Crippen molar-refractivity contribution in [3.05, 3.63) is 28.8 Å². The van der Waals surface area contributed by atoms with E-state index in [0.717, 1.165) is 30.8 Å². The lowest BCUT2D eigenvalue weighted by Gasteiger charge is -2.30. The molecule has 1 aromatic rings. The Kier molecular flexibility index (Phi) is 6.15. The summed E-state index contributed by atoms with van der Waals surface area (Å²) in [7, 11) is 0. The van der Waals surface area contributed by atoms with E-state index in [1.165, 1.54) is 11.8 Å². The SMILES string of the molecule is CSc1ccc(Cl)c(C(=O)OCC(=O)N2CCCC(C)C2)c1. The second-order valence-electron chi connectivity index (χ2n) is 5.51. The van der Waals surface area contributed by atoms with E-state index in [-0.39, 0.29) is 12.5 Å². The summed E-state index contributed by atoms with van der Waals surface area (Å²) in [6, 6.07) is 5.19. The average Bonchev–Trinajstić information content (AvgIpc) is 2.52. The molecule has 0 spiro atoms. The number of halogens is 1. The third-order valence-corrected chi connectivity index (χ3v) is 4.78. The van der Waals surface area contributed by atoms with Gasteiger partial charge in [-0.05, 0) is 43.2 Å². The number of hydrogen-bond acceptors (Lipinski definition) is 4. The standard InChI is InChI=1S/C16H20ClNO3S/c1-11-4-3-7-18(9-11)15(19)10-21-16(20)13-8-12(22-2)5-6-14(13)17/h5-6,8,11H,3-4,7,9-10H2,1-2H3. The Balaban J connectivity index is 1.93. The Hall–Kier alpha value is -1.20. The van der Waals surface area contributed by atoms with Crippen LogP contribution in [0.4, 0.5) is 0 Å². The van der Waals surface area contributed by atoms with E-state index in [1.54, 1.807) is 17.0 Å². The van der Waals surface area contributed by atoms with Crippen LogP contribution in [0.2, 0.25) is 5.02 Å². The van der Waals surface area contributed by atoms with Crippen LogP contribution in [-0.2, 0) is 9.53 Å². The summed E-state index contributed by atoms with van der Waals surface area (Å²) in [5.74, 6) is -0.197. The van der Waals surface area contributed by atoms with Crippen LogP contribution in [-0.4, -0.2) is 42.7 Å². The van der Waals surface area contributed by atoms with Crippen LogP contribution < -0.4 is 0 Å². The van der Waals surface area contributed by atoms with Gasteiger partial charge in [-0.2, -0.15) is 0 Å². The van der Waals surface area contributed by atoms with Crippen LogP contribution in [0.1, 0.15) is 30.1 Å². The predicted octanol–water partition coefficient (Wildman–Crippen LogP) is 3.48. The van der Waals surface area contributed by atoms with Crippen LogP contribution in [0, 0.1) is 5.92 Å². The highest BCUT2D eigenvalue weighted by Gasteiger charge is 2.22. The van der Waals surface area contributed by atoms with E-state index < -0.39 is 5.97 Å². The molecule has 0 aliphatic carbocycles. The molecule has 1 aliphatic rings. The zero-order chi connectivity index (χ0) is 16.1. The number of hydrogen-bond donors (Lipinski definition) is 0. The van der Waals surface area contributed by atoms with Gasteiger partial charge in [-0.25, -0.2) is 4.79 Å². The van der Waals surface area contributed by atoms with Gasteiger partial charge in [0.05, 0.1) is 10.6 Å². The van der Waals surface area contributed by atoms with Gasteiger partial charge >= 0.3 is 5.97 Å². The molecule has 1 fully saturated rings. The van der Waals surface area contributed by atoms with Gasteiger partial charge in [0.15, 0.2) is 6.61 Å². The van der Waals surface area contributed by atoms with Gasteiger partial charge < -0.3 is 9.64 Å². The van der Waals surface area contributed by atoms with Gasteiger partial charge in [0.1, 0.15) is 0 Å². The van der Waals surface area contributed by atoms with Crippen LogP contribution in [0.3, 0.4) is 0 Å². The predicted molar refractivity (Wildman–Crippen MR) is 88.5 cm³/mol. The Bertz CT molecular complexity index is 564. The second kappa shape index (κ2) is 7.88. The van der Waals surface area contributed by atoms with Crippen molar-refractivity contribution in [3.8, 4) is 0 Å². The van der Waals surface area contributed by atoms with E-state index >= 15 is 0 Å². The molecule has 22 heavy (non-hydrogen) atoms. The molecule has 2 rings (SSSR count). The average molecular weight is 342 g/mol. The highest BCUT2D eigenvalue weighted by atomic mass is 35.5. The largest absolute Gasteiger partial charge is 0.452 e. The van der Waals surface area contributed by atoms with Crippen molar-refractivity contribution >= 4 is 35.2 Å². The molecule has 120 valence electrons. The van der Waals surface area contributed by atoms with E-state index in [2.05, 4.69) is 6.92 Å². The van der Waals surface area contributed by atoms with Crippen molar-refractivity contribution in [2.24, 2.45) is 5.92 Å². The van der Waals surface area contributed by atoms with E-state index in [9.17, 15) is 9.59 Å². The summed E-state index contributed by atoms with van der Waals surface area (Å²) in [6.45, 7) is 3.37.